The number of amides is 2. The summed E-state index contributed by atoms with van der Waals surface area (Å²) < 4.78 is 69.0. The standard InChI is InChI=1S/C21H16F2I3N3O11S/c1-8(30)27-17-14(24)13(15(25)18(16(17)26)28(3)9(2)31)20(33)40-10-4-5-12(29(34)35)11(6-10)19(32)39-7-21(22,23)41(36,37)38/h4-6H,7H2,1-3H3,(H,27,30)(H,36,37,38)/p-1. The van der Waals surface area contributed by atoms with E-state index in [4.69, 9.17) is 4.74 Å². The molecule has 222 valence electrons. The van der Waals surface area contributed by atoms with Crippen molar-refractivity contribution in [2.75, 3.05) is 23.9 Å². The Morgan fingerprint density at radius 2 is 1.66 bits per heavy atom. The summed E-state index contributed by atoms with van der Waals surface area (Å²) in [6, 6.07) is 2.22. The molecule has 0 aromatic heterocycles. The summed E-state index contributed by atoms with van der Waals surface area (Å²) in [6.07, 6.45) is 0. The molecule has 0 unspecified atom stereocenters. The van der Waals surface area contributed by atoms with Gasteiger partial charge in [-0.3, -0.25) is 19.7 Å². The second kappa shape index (κ2) is 13.3. The lowest BCUT2D eigenvalue weighted by Gasteiger charge is -2.24. The molecule has 0 spiro atoms. The van der Waals surface area contributed by atoms with Crippen molar-refractivity contribution in [1.29, 1.82) is 0 Å². The molecule has 2 aromatic rings. The first-order valence-electron chi connectivity index (χ1n) is 10.4. The molecular formula is C21H15F2I3N3O11S-. The van der Waals surface area contributed by atoms with E-state index >= 15 is 0 Å². The fourth-order valence-corrected chi connectivity index (χ4v) is 7.73. The molecule has 2 rings (SSSR count). The molecular weight excluding hydrogens is 921 g/mol. The van der Waals surface area contributed by atoms with Crippen molar-refractivity contribution < 1.29 is 55.3 Å². The molecule has 1 N–H and O–H groups in total. The highest BCUT2D eigenvalue weighted by Crippen LogP contribution is 2.41. The van der Waals surface area contributed by atoms with E-state index in [0.29, 0.717) is 15.7 Å². The van der Waals surface area contributed by atoms with Crippen LogP contribution in [0.1, 0.15) is 34.6 Å². The molecule has 0 aliphatic rings. The third-order valence-corrected chi connectivity index (χ3v) is 8.97. The second-order valence-electron chi connectivity index (χ2n) is 7.79. The maximum Gasteiger partial charge on any atom is 0.367 e. The number of nitro benzene ring substituents is 1. The largest absolute Gasteiger partial charge is 0.743 e. The Labute approximate surface area is 270 Å². The van der Waals surface area contributed by atoms with Crippen LogP contribution in [0.15, 0.2) is 18.2 Å². The van der Waals surface area contributed by atoms with Crippen LogP contribution in [0.25, 0.3) is 0 Å². The van der Waals surface area contributed by atoms with Crippen LogP contribution in [0.4, 0.5) is 25.8 Å². The maximum atomic E-state index is 13.4. The Balaban J connectivity index is 2.59. The lowest BCUT2D eigenvalue weighted by atomic mass is 10.1. The predicted molar refractivity (Wildman–Crippen MR) is 161 cm³/mol. The lowest BCUT2D eigenvalue weighted by Crippen LogP contribution is -2.34. The monoisotopic (exact) mass is 936 g/mol. The van der Waals surface area contributed by atoms with Gasteiger partial charge in [0.15, 0.2) is 16.7 Å². The van der Waals surface area contributed by atoms with Gasteiger partial charge < -0.3 is 24.2 Å². The molecule has 20 heteroatoms. The summed E-state index contributed by atoms with van der Waals surface area (Å²) in [5.74, 6) is -4.31. The molecule has 0 saturated heterocycles. The van der Waals surface area contributed by atoms with Crippen molar-refractivity contribution >= 4 is 119 Å². The SMILES string of the molecule is CC(=O)Nc1c(I)c(C(=O)Oc2ccc([N+](=O)[O-])c(C(=O)OCC(F)(F)S(=O)(=O)[O-])c2)c(I)c(N(C)C(C)=O)c1I. The molecule has 2 aromatic carbocycles. The first kappa shape index (κ1) is 34.9. The van der Waals surface area contributed by atoms with Crippen LogP contribution in [-0.4, -0.2) is 60.6 Å². The Bertz CT molecular complexity index is 1590. The fraction of sp³-hybridized carbons (Fsp3) is 0.238. The van der Waals surface area contributed by atoms with Crippen molar-refractivity contribution in [3.8, 4) is 5.75 Å². The van der Waals surface area contributed by atoms with Crippen LogP contribution in [0, 0.1) is 20.8 Å². The Hall–Kier alpha value is -2.32. The maximum absolute atomic E-state index is 13.4. The summed E-state index contributed by atoms with van der Waals surface area (Å²) >= 11 is 5.42. The number of carbonyl (C=O) groups excluding carboxylic acids is 4. The number of anilines is 2. The van der Waals surface area contributed by atoms with E-state index in [1.54, 1.807) is 45.2 Å². The molecule has 0 bridgehead atoms. The predicted octanol–water partition coefficient (Wildman–Crippen LogP) is 3.86. The molecule has 41 heavy (non-hydrogen) atoms. The minimum absolute atomic E-state index is 0.138. The van der Waals surface area contributed by atoms with E-state index in [9.17, 15) is 51.0 Å². The molecule has 0 heterocycles. The van der Waals surface area contributed by atoms with Gasteiger partial charge in [-0.15, -0.1) is 0 Å². The number of halogens is 5. The van der Waals surface area contributed by atoms with Gasteiger partial charge >= 0.3 is 17.2 Å². The summed E-state index contributed by atoms with van der Waals surface area (Å²) in [6.45, 7) is 0.257. The number of nitro groups is 1. The quantitative estimate of drug-likeness (QED) is 0.0956. The zero-order valence-corrected chi connectivity index (χ0v) is 27.9. The van der Waals surface area contributed by atoms with E-state index in [0.717, 1.165) is 6.07 Å². The van der Waals surface area contributed by atoms with Crippen molar-refractivity contribution in [2.45, 2.75) is 19.1 Å². The average Bonchev–Trinajstić information content (AvgIpc) is 2.84. The minimum atomic E-state index is -6.22. The van der Waals surface area contributed by atoms with Crippen LogP contribution in [0.5, 0.6) is 5.75 Å². The van der Waals surface area contributed by atoms with Gasteiger partial charge in [0.1, 0.15) is 11.3 Å². The third-order valence-electron chi connectivity index (χ3n) is 4.94. The summed E-state index contributed by atoms with van der Waals surface area (Å²) in [4.78, 5) is 61.1. The molecule has 0 radical (unpaired) electrons. The molecule has 0 aliphatic carbocycles. The second-order valence-corrected chi connectivity index (χ2v) is 12.5. The van der Waals surface area contributed by atoms with E-state index in [-0.39, 0.29) is 24.1 Å². The van der Waals surface area contributed by atoms with Crippen molar-refractivity contribution in [3.63, 3.8) is 0 Å². The van der Waals surface area contributed by atoms with Crippen LogP contribution in [-0.2, 0) is 24.4 Å². The van der Waals surface area contributed by atoms with E-state index < -0.39 is 67.7 Å². The average molecular weight is 936 g/mol. The number of ether oxygens (including phenoxy) is 2. The summed E-state index contributed by atoms with van der Waals surface area (Å²) in [5.41, 5.74) is -1.68. The number of alkyl halides is 2. The van der Waals surface area contributed by atoms with Gasteiger partial charge in [-0.05, 0) is 73.8 Å². The molecule has 2 amide bonds. The van der Waals surface area contributed by atoms with Crippen molar-refractivity contribution in [1.82, 2.24) is 0 Å². The van der Waals surface area contributed by atoms with Gasteiger partial charge in [0.25, 0.3) is 5.69 Å². The number of nitrogens with zero attached hydrogens (tertiary/aromatic N) is 2. The van der Waals surface area contributed by atoms with Crippen LogP contribution in [0.3, 0.4) is 0 Å². The highest BCUT2D eigenvalue weighted by atomic mass is 127. The number of nitrogens with one attached hydrogen (secondary N) is 1. The third kappa shape index (κ3) is 7.95. The van der Waals surface area contributed by atoms with Crippen LogP contribution < -0.4 is 15.0 Å². The minimum Gasteiger partial charge on any atom is -0.743 e. The molecule has 0 fully saturated rings. The number of hydrogen-bond donors (Lipinski definition) is 1. The zero-order chi connectivity index (χ0) is 31.6. The number of benzene rings is 2. The highest BCUT2D eigenvalue weighted by molar-refractivity contribution is 14.1. The zero-order valence-electron chi connectivity index (χ0n) is 20.6. The Kier molecular flexibility index (Phi) is 11.3. The van der Waals surface area contributed by atoms with Gasteiger partial charge in [0.2, 0.25) is 11.8 Å². The fourth-order valence-electron chi connectivity index (χ4n) is 2.93. The van der Waals surface area contributed by atoms with Gasteiger partial charge in [-0.25, -0.2) is 18.0 Å². The Morgan fingerprint density at radius 3 is 2.15 bits per heavy atom. The summed E-state index contributed by atoms with van der Waals surface area (Å²) in [7, 11) is -4.79. The van der Waals surface area contributed by atoms with E-state index in [2.05, 4.69) is 10.1 Å². The van der Waals surface area contributed by atoms with Crippen LogP contribution in [0.2, 0.25) is 0 Å². The smallest absolute Gasteiger partial charge is 0.367 e. The first-order chi connectivity index (χ1) is 18.7. The van der Waals surface area contributed by atoms with Gasteiger partial charge in [-0.1, -0.05) is 0 Å². The van der Waals surface area contributed by atoms with Crippen molar-refractivity contribution in [2.24, 2.45) is 0 Å². The van der Waals surface area contributed by atoms with Crippen molar-refractivity contribution in [3.05, 3.63) is 50.2 Å². The molecule has 14 nitrogen and oxygen atoms in total. The molecule has 0 aliphatic heterocycles. The van der Waals surface area contributed by atoms with E-state index in [1.165, 1.54) is 25.8 Å². The highest BCUT2D eigenvalue weighted by Gasteiger charge is 2.40. The molecule has 0 atom stereocenters. The Morgan fingerprint density at radius 1 is 1.07 bits per heavy atom. The number of hydrogen-bond acceptors (Lipinski definition) is 11. The van der Waals surface area contributed by atoms with Gasteiger partial charge in [0.05, 0.1) is 32.6 Å². The number of rotatable bonds is 9. The van der Waals surface area contributed by atoms with Crippen LogP contribution >= 0.6 is 67.8 Å². The first-order valence-corrected chi connectivity index (χ1v) is 15.1. The van der Waals surface area contributed by atoms with Gasteiger partial charge in [-0.2, -0.15) is 8.78 Å². The molecule has 0 saturated carbocycles. The van der Waals surface area contributed by atoms with E-state index in [1.807, 2.05) is 22.6 Å². The topological polar surface area (TPSA) is 202 Å². The summed E-state index contributed by atoms with van der Waals surface area (Å²) in [5, 5.41) is 8.93. The number of carbonyl (C=O) groups is 4. The normalized spacial score (nSPS) is 11.4. The van der Waals surface area contributed by atoms with Gasteiger partial charge in [0, 0.05) is 33.0 Å². The number of esters is 2. The lowest BCUT2D eigenvalue weighted by molar-refractivity contribution is -0.385.